The van der Waals surface area contributed by atoms with Crippen LogP contribution in [0.3, 0.4) is 0 Å². The van der Waals surface area contributed by atoms with Crippen molar-refractivity contribution < 1.29 is 0 Å². The second-order valence-corrected chi connectivity index (χ2v) is 5.98. The summed E-state index contributed by atoms with van der Waals surface area (Å²) in [5.74, 6) is 0. The summed E-state index contributed by atoms with van der Waals surface area (Å²) in [4.78, 5) is 4.64. The number of aromatic nitrogens is 1. The number of nitrogens with zero attached hydrogens (tertiary/aromatic N) is 1. The largest absolute Gasteiger partial charge is 0.237 e. The number of hydrogen-bond acceptors (Lipinski definition) is 2. The van der Waals surface area contributed by atoms with Gasteiger partial charge in [0.15, 0.2) is 0 Å². The Kier molecular flexibility index (Phi) is 3.02. The molecule has 0 spiro atoms. The molecule has 4 aromatic rings. The van der Waals surface area contributed by atoms with Gasteiger partial charge < -0.3 is 0 Å². The zero-order valence-corrected chi connectivity index (χ0v) is 12.2. The fourth-order valence-electron chi connectivity index (χ4n) is 2.52. The molecule has 0 saturated heterocycles. The lowest BCUT2D eigenvalue weighted by atomic mass is 10.0. The van der Waals surface area contributed by atoms with E-state index in [9.17, 15) is 0 Å². The van der Waals surface area contributed by atoms with Crippen molar-refractivity contribution >= 4 is 44.5 Å². The highest BCUT2D eigenvalue weighted by molar-refractivity contribution is 7.19. The monoisotopic (exact) mass is 287 g/mol. The third kappa shape index (κ3) is 2.34. The van der Waals surface area contributed by atoms with Crippen LogP contribution in [0, 0.1) is 0 Å². The molecule has 0 radical (unpaired) electrons. The second kappa shape index (κ2) is 5.15. The molecule has 100 valence electrons. The quantitative estimate of drug-likeness (QED) is 0.466. The van der Waals surface area contributed by atoms with Crippen LogP contribution in [0.5, 0.6) is 0 Å². The molecule has 0 aliphatic heterocycles. The summed E-state index contributed by atoms with van der Waals surface area (Å²) in [7, 11) is 0. The van der Waals surface area contributed by atoms with Gasteiger partial charge in [-0.1, -0.05) is 60.7 Å². The van der Waals surface area contributed by atoms with Gasteiger partial charge in [-0.3, -0.25) is 0 Å². The summed E-state index contributed by atoms with van der Waals surface area (Å²) < 4.78 is 1.23. The van der Waals surface area contributed by atoms with E-state index in [1.54, 1.807) is 11.3 Å². The van der Waals surface area contributed by atoms with Gasteiger partial charge in [-0.2, -0.15) is 0 Å². The van der Waals surface area contributed by atoms with E-state index in [-0.39, 0.29) is 0 Å². The van der Waals surface area contributed by atoms with Crippen molar-refractivity contribution in [3.8, 4) is 0 Å². The minimum Gasteiger partial charge on any atom is -0.237 e. The molecule has 0 fully saturated rings. The molecule has 0 saturated carbocycles. The Labute approximate surface area is 127 Å². The summed E-state index contributed by atoms with van der Waals surface area (Å²) in [5.41, 5.74) is 2.30. The molecular formula is C19H13NS. The Morgan fingerprint density at radius 3 is 2.52 bits per heavy atom. The van der Waals surface area contributed by atoms with Gasteiger partial charge >= 0.3 is 0 Å². The van der Waals surface area contributed by atoms with Gasteiger partial charge in [0, 0.05) is 0 Å². The Bertz CT molecular complexity index is 912. The molecule has 0 bridgehead atoms. The van der Waals surface area contributed by atoms with Crippen LogP contribution in [0.25, 0.3) is 33.1 Å². The highest BCUT2D eigenvalue weighted by Gasteiger charge is 2.00. The van der Waals surface area contributed by atoms with Crippen LogP contribution in [0.15, 0.2) is 66.7 Å². The summed E-state index contributed by atoms with van der Waals surface area (Å²) in [6, 6.07) is 23.1. The Morgan fingerprint density at radius 1 is 0.762 bits per heavy atom. The number of hydrogen-bond donors (Lipinski definition) is 0. The molecule has 0 aliphatic rings. The number of fused-ring (bicyclic) bond motifs is 2. The van der Waals surface area contributed by atoms with Crippen LogP contribution in [-0.4, -0.2) is 4.98 Å². The second-order valence-electron chi connectivity index (χ2n) is 4.92. The third-order valence-corrected chi connectivity index (χ3v) is 4.54. The molecule has 1 heterocycles. The standard InChI is InChI=1S/C19H13NS/c1-2-9-16-14(6-1)7-5-8-15(16)12-13-19-20-17-10-3-4-11-18(17)21-19/h1-13H/b13-12+. The van der Waals surface area contributed by atoms with Crippen LogP contribution < -0.4 is 0 Å². The highest BCUT2D eigenvalue weighted by Crippen LogP contribution is 2.25. The van der Waals surface area contributed by atoms with Crippen molar-refractivity contribution in [3.63, 3.8) is 0 Å². The van der Waals surface area contributed by atoms with E-state index in [1.807, 2.05) is 6.07 Å². The van der Waals surface area contributed by atoms with E-state index in [1.165, 1.54) is 21.0 Å². The number of rotatable bonds is 2. The van der Waals surface area contributed by atoms with Gasteiger partial charge in [0.1, 0.15) is 5.01 Å². The Balaban J connectivity index is 1.76. The number of benzene rings is 3. The fourth-order valence-corrected chi connectivity index (χ4v) is 3.39. The maximum Gasteiger partial charge on any atom is 0.117 e. The van der Waals surface area contributed by atoms with Gasteiger partial charge in [-0.05, 0) is 34.5 Å². The lowest BCUT2D eigenvalue weighted by molar-refractivity contribution is 1.46. The minimum atomic E-state index is 1.05. The Morgan fingerprint density at radius 2 is 1.57 bits per heavy atom. The van der Waals surface area contributed by atoms with Crippen molar-refractivity contribution in [1.29, 1.82) is 0 Å². The average molecular weight is 287 g/mol. The van der Waals surface area contributed by atoms with Crippen molar-refractivity contribution in [2.24, 2.45) is 0 Å². The molecule has 3 aromatic carbocycles. The third-order valence-electron chi connectivity index (χ3n) is 3.54. The van der Waals surface area contributed by atoms with Crippen molar-refractivity contribution in [1.82, 2.24) is 4.98 Å². The molecule has 21 heavy (non-hydrogen) atoms. The number of para-hydroxylation sites is 1. The van der Waals surface area contributed by atoms with Crippen LogP contribution >= 0.6 is 11.3 Å². The molecule has 0 aliphatic carbocycles. The summed E-state index contributed by atoms with van der Waals surface area (Å²) in [6.45, 7) is 0. The van der Waals surface area contributed by atoms with E-state index < -0.39 is 0 Å². The van der Waals surface area contributed by atoms with Crippen LogP contribution in [-0.2, 0) is 0 Å². The predicted octanol–water partition coefficient (Wildman–Crippen LogP) is 5.62. The lowest BCUT2D eigenvalue weighted by Crippen LogP contribution is -1.77. The van der Waals surface area contributed by atoms with Crippen molar-refractivity contribution in [3.05, 3.63) is 77.3 Å². The maximum absolute atomic E-state index is 4.64. The maximum atomic E-state index is 4.64. The highest BCUT2D eigenvalue weighted by atomic mass is 32.1. The van der Waals surface area contributed by atoms with Crippen LogP contribution in [0.4, 0.5) is 0 Å². The predicted molar refractivity (Wildman–Crippen MR) is 92.5 cm³/mol. The molecule has 0 N–H and O–H groups in total. The van der Waals surface area contributed by atoms with Crippen LogP contribution in [0.2, 0.25) is 0 Å². The molecule has 0 atom stereocenters. The van der Waals surface area contributed by atoms with E-state index in [0.29, 0.717) is 0 Å². The minimum absolute atomic E-state index is 1.05. The zero-order valence-electron chi connectivity index (χ0n) is 11.4. The summed E-state index contributed by atoms with van der Waals surface area (Å²) in [5, 5.41) is 3.59. The average Bonchev–Trinajstić information content (AvgIpc) is 2.96. The smallest absolute Gasteiger partial charge is 0.117 e. The van der Waals surface area contributed by atoms with Gasteiger partial charge in [0.25, 0.3) is 0 Å². The van der Waals surface area contributed by atoms with Gasteiger partial charge in [0.2, 0.25) is 0 Å². The fraction of sp³-hybridized carbons (Fsp3) is 0. The first kappa shape index (κ1) is 12.3. The van der Waals surface area contributed by atoms with E-state index in [2.05, 4.69) is 77.8 Å². The van der Waals surface area contributed by atoms with Gasteiger partial charge in [-0.15, -0.1) is 11.3 Å². The molecular weight excluding hydrogens is 274 g/mol. The molecule has 4 rings (SSSR count). The topological polar surface area (TPSA) is 12.9 Å². The SMILES string of the molecule is C(=C\c1cccc2ccccc12)/c1nc2ccccc2s1. The summed E-state index contributed by atoms with van der Waals surface area (Å²) in [6.07, 6.45) is 4.26. The first-order valence-electron chi connectivity index (χ1n) is 6.91. The van der Waals surface area contributed by atoms with Crippen molar-refractivity contribution in [2.75, 3.05) is 0 Å². The van der Waals surface area contributed by atoms with Gasteiger partial charge in [-0.25, -0.2) is 4.98 Å². The first-order chi connectivity index (χ1) is 10.4. The molecule has 1 nitrogen and oxygen atoms in total. The molecule has 1 aromatic heterocycles. The molecule has 0 amide bonds. The van der Waals surface area contributed by atoms with E-state index >= 15 is 0 Å². The van der Waals surface area contributed by atoms with Crippen molar-refractivity contribution in [2.45, 2.75) is 0 Å². The summed E-state index contributed by atoms with van der Waals surface area (Å²) >= 11 is 1.72. The van der Waals surface area contributed by atoms with Gasteiger partial charge in [0.05, 0.1) is 10.2 Å². The van der Waals surface area contributed by atoms with E-state index in [0.717, 1.165) is 10.5 Å². The molecule has 0 unspecified atom stereocenters. The first-order valence-corrected chi connectivity index (χ1v) is 7.73. The van der Waals surface area contributed by atoms with Crippen LogP contribution in [0.1, 0.15) is 10.6 Å². The Hall–Kier alpha value is -2.45. The normalized spacial score (nSPS) is 11.6. The zero-order chi connectivity index (χ0) is 14.1. The lowest BCUT2D eigenvalue weighted by Gasteiger charge is -2.00. The van der Waals surface area contributed by atoms with E-state index in [4.69, 9.17) is 0 Å². The number of thiazole rings is 1. The molecule has 2 heteroatoms.